The molecule has 0 atom stereocenters. The molecule has 0 unspecified atom stereocenters. The zero-order valence-corrected chi connectivity index (χ0v) is 41.9. The summed E-state index contributed by atoms with van der Waals surface area (Å²) in [6.45, 7) is 6.16. The first kappa shape index (κ1) is 52.7. The van der Waals surface area contributed by atoms with Gasteiger partial charge in [0.05, 0.1) is 13.2 Å². The Bertz CT molecular complexity index is 1550. The molecule has 6 heteroatoms. The largest absolute Gasteiger partial charge is 0.493 e. The van der Waals surface area contributed by atoms with Gasteiger partial charge >= 0.3 is 0 Å². The van der Waals surface area contributed by atoms with Gasteiger partial charge in [0.1, 0.15) is 11.5 Å². The summed E-state index contributed by atoms with van der Waals surface area (Å²) < 4.78 is 12.0. The van der Waals surface area contributed by atoms with Crippen molar-refractivity contribution in [3.8, 4) is 11.5 Å². The average Bonchev–Trinajstić information content (AvgIpc) is 3.30. The summed E-state index contributed by atoms with van der Waals surface area (Å²) in [7, 11) is 0. The van der Waals surface area contributed by atoms with Gasteiger partial charge in [0, 0.05) is 47.0 Å². The minimum atomic E-state index is 0.651. The molecule has 0 amide bonds. The van der Waals surface area contributed by atoms with E-state index in [-0.39, 0.29) is 0 Å². The predicted molar refractivity (Wildman–Crippen MR) is 282 cm³/mol. The molecule has 0 radical (unpaired) electrons. The lowest BCUT2D eigenvalue weighted by Crippen LogP contribution is -2.19. The first-order valence-electron chi connectivity index (χ1n) is 27.7. The number of anilines is 4. The minimum Gasteiger partial charge on any atom is -0.493 e. The number of ether oxygens (including phenoxy) is 2. The molecule has 0 saturated heterocycles. The van der Waals surface area contributed by atoms with Crippen molar-refractivity contribution in [3.05, 3.63) is 60.7 Å². The first-order valence-corrected chi connectivity index (χ1v) is 27.7. The Balaban J connectivity index is 0.000000250. The third kappa shape index (κ3) is 21.9. The Hall–Kier alpha value is -3.28. The van der Waals surface area contributed by atoms with E-state index in [4.69, 9.17) is 32.4 Å². The molecular weight excluding hydrogens is 797 g/mol. The molecule has 65 heavy (non-hydrogen) atoms. The topological polar surface area (TPSA) is 123 Å². The van der Waals surface area contributed by atoms with Crippen LogP contribution < -0.4 is 32.4 Å². The third-order valence-corrected chi connectivity index (χ3v) is 15.9. The maximum atomic E-state index is 6.00. The van der Waals surface area contributed by atoms with Crippen LogP contribution in [-0.4, -0.2) is 13.2 Å². The number of rotatable bonds is 25. The molecule has 366 valence electrons. The molecule has 0 aromatic heterocycles. The first-order chi connectivity index (χ1) is 31.7. The van der Waals surface area contributed by atoms with Gasteiger partial charge in [-0.15, -0.1) is 0 Å². The van der Waals surface area contributed by atoms with Crippen molar-refractivity contribution in [2.24, 2.45) is 47.3 Å². The highest BCUT2D eigenvalue weighted by Crippen LogP contribution is 2.37. The normalized spacial score (nSPS) is 26.2. The molecule has 8 N–H and O–H groups in total. The molecular formula is C59H98N4O2. The SMILES string of the molecule is CCCCCC1CCC(/C=C/C2CCC(COc3cc(N)cc(N)c3)CC2)CC1.CCCCCCCCCCCCC1CCC(/C=C/C2CCC(COc3cc(N)cc(N)c3)CC2)CC1. The van der Waals surface area contributed by atoms with Crippen LogP contribution in [0, 0.1) is 47.3 Å². The van der Waals surface area contributed by atoms with Crippen molar-refractivity contribution in [2.45, 2.75) is 213 Å². The third-order valence-electron chi connectivity index (χ3n) is 15.9. The number of hydrogen-bond donors (Lipinski definition) is 4. The zero-order chi connectivity index (χ0) is 45.9. The van der Waals surface area contributed by atoms with Crippen LogP contribution in [0.3, 0.4) is 0 Å². The molecule has 6 rings (SSSR count). The zero-order valence-electron chi connectivity index (χ0n) is 41.9. The predicted octanol–water partition coefficient (Wildman–Crippen LogP) is 16.7. The summed E-state index contributed by atoms with van der Waals surface area (Å²) in [5.74, 6) is 8.15. The van der Waals surface area contributed by atoms with Crippen LogP contribution in [0.1, 0.15) is 213 Å². The summed E-state index contributed by atoms with van der Waals surface area (Å²) in [5, 5.41) is 0. The average molecular weight is 895 g/mol. The number of benzene rings is 2. The van der Waals surface area contributed by atoms with E-state index < -0.39 is 0 Å². The molecule has 0 bridgehead atoms. The summed E-state index contributed by atoms with van der Waals surface area (Å²) in [4.78, 5) is 0. The van der Waals surface area contributed by atoms with Gasteiger partial charge in [-0.1, -0.05) is 134 Å². The summed E-state index contributed by atoms with van der Waals surface area (Å²) in [6, 6.07) is 11.0. The molecule has 0 spiro atoms. The smallest absolute Gasteiger partial charge is 0.123 e. The Labute approximate surface area is 399 Å². The molecule has 4 aliphatic carbocycles. The van der Waals surface area contributed by atoms with Crippen LogP contribution in [0.25, 0.3) is 0 Å². The van der Waals surface area contributed by atoms with Crippen LogP contribution in [0.15, 0.2) is 60.7 Å². The summed E-state index contributed by atoms with van der Waals surface area (Å²) in [5.41, 5.74) is 26.1. The second kappa shape index (κ2) is 30.9. The van der Waals surface area contributed by atoms with Gasteiger partial charge < -0.3 is 32.4 Å². The van der Waals surface area contributed by atoms with Gasteiger partial charge in [-0.3, -0.25) is 0 Å². The van der Waals surface area contributed by atoms with E-state index in [1.54, 1.807) is 12.1 Å². The molecule has 6 nitrogen and oxygen atoms in total. The maximum absolute atomic E-state index is 6.00. The number of nitrogen functional groups attached to an aromatic ring is 4. The van der Waals surface area contributed by atoms with E-state index in [2.05, 4.69) is 38.2 Å². The fourth-order valence-corrected chi connectivity index (χ4v) is 11.6. The van der Waals surface area contributed by atoms with Crippen LogP contribution in [-0.2, 0) is 0 Å². The second-order valence-electron chi connectivity index (χ2n) is 21.7. The van der Waals surface area contributed by atoms with Crippen molar-refractivity contribution in [2.75, 3.05) is 36.1 Å². The van der Waals surface area contributed by atoms with Crippen LogP contribution in [0.4, 0.5) is 22.7 Å². The lowest BCUT2D eigenvalue weighted by Gasteiger charge is -2.29. The summed E-state index contributed by atoms with van der Waals surface area (Å²) >= 11 is 0. The highest BCUT2D eigenvalue weighted by molar-refractivity contribution is 5.57. The molecule has 4 aliphatic rings. The van der Waals surface area contributed by atoms with Gasteiger partial charge in [-0.05, 0) is 162 Å². The molecule has 2 aromatic carbocycles. The van der Waals surface area contributed by atoms with Crippen molar-refractivity contribution >= 4 is 22.7 Å². The second-order valence-corrected chi connectivity index (χ2v) is 21.7. The Morgan fingerprint density at radius 1 is 0.354 bits per heavy atom. The summed E-state index contributed by atoms with van der Waals surface area (Å²) in [6.07, 6.45) is 53.7. The number of unbranched alkanes of at least 4 members (excludes halogenated alkanes) is 11. The molecule has 4 saturated carbocycles. The molecule has 0 heterocycles. The van der Waals surface area contributed by atoms with Gasteiger partial charge in [-0.25, -0.2) is 0 Å². The maximum Gasteiger partial charge on any atom is 0.123 e. The van der Waals surface area contributed by atoms with E-state index >= 15 is 0 Å². The quantitative estimate of drug-likeness (QED) is 0.0447. The van der Waals surface area contributed by atoms with Gasteiger partial charge in [0.2, 0.25) is 0 Å². The number of allylic oxidation sites excluding steroid dienone is 4. The van der Waals surface area contributed by atoms with Crippen molar-refractivity contribution < 1.29 is 9.47 Å². The van der Waals surface area contributed by atoms with Gasteiger partial charge in [0.25, 0.3) is 0 Å². The number of hydrogen-bond acceptors (Lipinski definition) is 6. The van der Waals surface area contributed by atoms with Gasteiger partial charge in [-0.2, -0.15) is 0 Å². The van der Waals surface area contributed by atoms with E-state index in [0.29, 0.717) is 34.6 Å². The van der Waals surface area contributed by atoms with Crippen molar-refractivity contribution in [3.63, 3.8) is 0 Å². The Kier molecular flexibility index (Phi) is 25.0. The molecule has 0 aliphatic heterocycles. The highest BCUT2D eigenvalue weighted by Gasteiger charge is 2.24. The number of nitrogens with two attached hydrogens (primary N) is 4. The fourth-order valence-electron chi connectivity index (χ4n) is 11.6. The highest BCUT2D eigenvalue weighted by atomic mass is 16.5. The fraction of sp³-hybridized carbons (Fsp3) is 0.729. The van der Waals surface area contributed by atoms with E-state index in [1.807, 2.05) is 24.3 Å². The van der Waals surface area contributed by atoms with E-state index in [1.165, 1.54) is 199 Å². The lowest BCUT2D eigenvalue weighted by atomic mass is 9.78. The Morgan fingerprint density at radius 3 is 0.938 bits per heavy atom. The van der Waals surface area contributed by atoms with Crippen molar-refractivity contribution in [1.29, 1.82) is 0 Å². The molecule has 4 fully saturated rings. The van der Waals surface area contributed by atoms with Crippen LogP contribution in [0.2, 0.25) is 0 Å². The Morgan fingerprint density at radius 2 is 0.615 bits per heavy atom. The standard InChI is InChI=1S/C33H56N2O.C26H42N2O/c1-2-3-4-5-6-7-8-9-10-11-12-27-13-15-28(16-14-27)17-18-29-19-21-30(22-20-29)26-36-33-24-31(34)23-32(35)25-33;1-2-3-4-5-20-6-8-21(9-7-20)10-11-22-12-14-23(15-13-22)19-29-26-17-24(27)16-25(28)18-26/h17-18,23-25,27-30H,2-16,19-22,26,34-35H2,1H3;10-11,16-18,20-23H,2-9,12-15,19,27-28H2,1H3/b18-17+;11-10+. The van der Waals surface area contributed by atoms with E-state index in [9.17, 15) is 0 Å². The van der Waals surface area contributed by atoms with Crippen molar-refractivity contribution in [1.82, 2.24) is 0 Å². The monoisotopic (exact) mass is 895 g/mol. The van der Waals surface area contributed by atoms with Crippen LogP contribution in [0.5, 0.6) is 11.5 Å². The molecule has 2 aromatic rings. The van der Waals surface area contributed by atoms with Gasteiger partial charge in [0.15, 0.2) is 0 Å². The van der Waals surface area contributed by atoms with E-state index in [0.717, 1.165) is 60.2 Å². The minimum absolute atomic E-state index is 0.651. The van der Waals surface area contributed by atoms with Crippen LogP contribution >= 0.6 is 0 Å². The lowest BCUT2D eigenvalue weighted by molar-refractivity contribution is 0.194.